The van der Waals surface area contributed by atoms with E-state index in [0.29, 0.717) is 6.54 Å². The quantitative estimate of drug-likeness (QED) is 0.850. The Morgan fingerprint density at radius 3 is 2.53 bits per heavy atom. The molecule has 108 valence electrons. The van der Waals surface area contributed by atoms with Gasteiger partial charge in [-0.1, -0.05) is 6.07 Å². The third-order valence-electron chi connectivity index (χ3n) is 2.93. The van der Waals surface area contributed by atoms with Crippen molar-refractivity contribution in [2.24, 2.45) is 5.73 Å². The van der Waals surface area contributed by atoms with Gasteiger partial charge < -0.3 is 15.4 Å². The second-order valence-corrected chi connectivity index (χ2v) is 6.99. The molecule has 0 aliphatic heterocycles. The van der Waals surface area contributed by atoms with Gasteiger partial charge in [0.25, 0.3) is 0 Å². The highest BCUT2D eigenvalue weighted by molar-refractivity contribution is 7.90. The van der Waals surface area contributed by atoms with Crippen LogP contribution in [0.2, 0.25) is 0 Å². The summed E-state index contributed by atoms with van der Waals surface area (Å²) in [6.45, 7) is 2.30. The summed E-state index contributed by atoms with van der Waals surface area (Å²) in [5.41, 5.74) is 7.78. The molecule has 0 aromatic heterocycles. The Hall–Kier alpha value is -1.27. The van der Waals surface area contributed by atoms with Gasteiger partial charge in [-0.3, -0.25) is 0 Å². The first kappa shape index (κ1) is 15.8. The van der Waals surface area contributed by atoms with E-state index in [4.69, 9.17) is 10.5 Å². The number of hydrogen-bond acceptors (Lipinski definition) is 5. The Morgan fingerprint density at radius 1 is 1.42 bits per heavy atom. The number of sulfone groups is 1. The van der Waals surface area contributed by atoms with Gasteiger partial charge in [-0.05, 0) is 19.1 Å². The van der Waals surface area contributed by atoms with Crippen LogP contribution in [0.4, 0.5) is 5.69 Å². The molecule has 0 saturated carbocycles. The van der Waals surface area contributed by atoms with Crippen molar-refractivity contribution in [1.29, 1.82) is 0 Å². The molecule has 0 heterocycles. The zero-order valence-electron chi connectivity index (χ0n) is 11.9. The maximum Gasteiger partial charge on any atom is 0.149 e. The van der Waals surface area contributed by atoms with Crippen LogP contribution in [-0.2, 0) is 9.84 Å². The normalized spacial score (nSPS) is 13.1. The molecule has 5 nitrogen and oxygen atoms in total. The molecule has 0 bridgehead atoms. The minimum absolute atomic E-state index is 0.110. The Kier molecular flexibility index (Phi) is 5.20. The largest absolute Gasteiger partial charge is 0.496 e. The van der Waals surface area contributed by atoms with Gasteiger partial charge in [0.1, 0.15) is 15.6 Å². The highest BCUT2D eigenvalue weighted by Crippen LogP contribution is 2.32. The van der Waals surface area contributed by atoms with Gasteiger partial charge in [-0.15, -0.1) is 0 Å². The summed E-state index contributed by atoms with van der Waals surface area (Å²) < 4.78 is 27.8. The van der Waals surface area contributed by atoms with Crippen LogP contribution in [0.3, 0.4) is 0 Å². The first-order chi connectivity index (χ1) is 8.76. The molecule has 1 rings (SSSR count). The van der Waals surface area contributed by atoms with Crippen molar-refractivity contribution in [2.45, 2.75) is 13.0 Å². The molecule has 2 N–H and O–H groups in total. The molecule has 19 heavy (non-hydrogen) atoms. The third-order valence-corrected chi connectivity index (χ3v) is 3.85. The first-order valence-corrected chi connectivity index (χ1v) is 8.13. The standard InChI is InChI=1S/C13H22N2O3S/c1-10(14)13-11(6-5-7-12(13)18-3)15(2)8-9-19(4,16)17/h5-7,10H,8-9,14H2,1-4H3/t10-/m0/s1. The van der Waals surface area contributed by atoms with Crippen LogP contribution in [0, 0.1) is 0 Å². The van der Waals surface area contributed by atoms with E-state index in [9.17, 15) is 8.42 Å². The van der Waals surface area contributed by atoms with Crippen LogP contribution < -0.4 is 15.4 Å². The topological polar surface area (TPSA) is 72.6 Å². The number of nitrogens with two attached hydrogens (primary N) is 1. The minimum atomic E-state index is -2.98. The second kappa shape index (κ2) is 6.25. The monoisotopic (exact) mass is 286 g/mol. The molecule has 0 fully saturated rings. The molecular weight excluding hydrogens is 264 g/mol. The predicted octanol–water partition coefficient (Wildman–Crippen LogP) is 1.20. The van der Waals surface area contributed by atoms with Crippen LogP contribution >= 0.6 is 0 Å². The lowest BCUT2D eigenvalue weighted by Gasteiger charge is -2.25. The smallest absolute Gasteiger partial charge is 0.149 e. The minimum Gasteiger partial charge on any atom is -0.496 e. The average molecular weight is 286 g/mol. The van der Waals surface area contributed by atoms with Gasteiger partial charge in [0.15, 0.2) is 0 Å². The van der Waals surface area contributed by atoms with Crippen molar-refractivity contribution in [3.8, 4) is 5.75 Å². The van der Waals surface area contributed by atoms with Crippen molar-refractivity contribution >= 4 is 15.5 Å². The molecule has 0 unspecified atom stereocenters. The van der Waals surface area contributed by atoms with Gasteiger partial charge in [0.05, 0.1) is 12.9 Å². The summed E-state index contributed by atoms with van der Waals surface area (Å²) in [7, 11) is 0.472. The molecule has 0 spiro atoms. The summed E-state index contributed by atoms with van der Waals surface area (Å²) in [6.07, 6.45) is 1.24. The molecule has 0 radical (unpaired) electrons. The van der Waals surface area contributed by atoms with Gasteiger partial charge >= 0.3 is 0 Å². The molecule has 0 amide bonds. The van der Waals surface area contributed by atoms with Crippen molar-refractivity contribution in [3.05, 3.63) is 23.8 Å². The summed E-state index contributed by atoms with van der Waals surface area (Å²) in [5, 5.41) is 0. The maximum absolute atomic E-state index is 11.2. The van der Waals surface area contributed by atoms with E-state index >= 15 is 0 Å². The van der Waals surface area contributed by atoms with E-state index < -0.39 is 9.84 Å². The third kappa shape index (κ3) is 4.40. The number of ether oxygens (including phenoxy) is 1. The lowest BCUT2D eigenvalue weighted by molar-refractivity contribution is 0.407. The number of hydrogen-bond donors (Lipinski definition) is 1. The molecule has 0 saturated heterocycles. The Morgan fingerprint density at radius 2 is 2.05 bits per heavy atom. The first-order valence-electron chi connectivity index (χ1n) is 6.07. The van der Waals surface area contributed by atoms with E-state index in [1.165, 1.54) is 6.26 Å². The van der Waals surface area contributed by atoms with Gasteiger partial charge in [-0.2, -0.15) is 0 Å². The molecule has 6 heteroatoms. The average Bonchev–Trinajstić information content (AvgIpc) is 2.33. The lowest BCUT2D eigenvalue weighted by Crippen LogP contribution is -2.26. The summed E-state index contributed by atoms with van der Waals surface area (Å²) in [4.78, 5) is 1.89. The van der Waals surface area contributed by atoms with Crippen LogP contribution in [0.5, 0.6) is 5.75 Å². The Labute approximate surface area is 115 Å². The van der Waals surface area contributed by atoms with E-state index in [1.54, 1.807) is 7.11 Å². The van der Waals surface area contributed by atoms with Crippen LogP contribution in [-0.4, -0.2) is 41.1 Å². The fourth-order valence-corrected chi connectivity index (χ4v) is 2.53. The Balaban J connectivity index is 3.05. The van der Waals surface area contributed by atoms with Crippen molar-refractivity contribution in [2.75, 3.05) is 37.6 Å². The number of anilines is 1. The van der Waals surface area contributed by atoms with Crippen LogP contribution in [0.15, 0.2) is 18.2 Å². The van der Waals surface area contributed by atoms with Crippen LogP contribution in [0.1, 0.15) is 18.5 Å². The van der Waals surface area contributed by atoms with Gasteiger partial charge in [0.2, 0.25) is 0 Å². The van der Waals surface area contributed by atoms with Crippen molar-refractivity contribution in [1.82, 2.24) is 0 Å². The Bertz CT molecular complexity index is 527. The lowest BCUT2D eigenvalue weighted by atomic mass is 10.0. The number of nitrogens with zero attached hydrogens (tertiary/aromatic N) is 1. The molecule has 1 aromatic carbocycles. The van der Waals surface area contributed by atoms with Crippen LogP contribution in [0.25, 0.3) is 0 Å². The number of methoxy groups -OCH3 is 1. The fourth-order valence-electron chi connectivity index (χ4n) is 1.92. The molecular formula is C13H22N2O3S. The van der Waals surface area contributed by atoms with Crippen molar-refractivity contribution in [3.63, 3.8) is 0 Å². The predicted molar refractivity (Wildman–Crippen MR) is 78.6 cm³/mol. The van der Waals surface area contributed by atoms with Crippen molar-refractivity contribution < 1.29 is 13.2 Å². The van der Waals surface area contributed by atoms with E-state index in [-0.39, 0.29) is 11.8 Å². The summed E-state index contributed by atoms with van der Waals surface area (Å²) in [5.74, 6) is 0.831. The zero-order valence-corrected chi connectivity index (χ0v) is 12.7. The second-order valence-electron chi connectivity index (χ2n) is 4.73. The fraction of sp³-hybridized carbons (Fsp3) is 0.538. The van der Waals surface area contributed by atoms with E-state index in [1.807, 2.05) is 37.1 Å². The summed E-state index contributed by atoms with van der Waals surface area (Å²) in [6, 6.07) is 5.46. The van der Waals surface area contributed by atoms with E-state index in [0.717, 1.165) is 17.0 Å². The maximum atomic E-state index is 11.2. The van der Waals surface area contributed by atoms with Gasteiger partial charge in [-0.25, -0.2) is 8.42 Å². The molecule has 0 aliphatic carbocycles. The molecule has 1 atom stereocenters. The van der Waals surface area contributed by atoms with Gasteiger partial charge in [0, 0.05) is 37.1 Å². The highest BCUT2D eigenvalue weighted by atomic mass is 32.2. The van der Waals surface area contributed by atoms with E-state index in [2.05, 4.69) is 0 Å². The molecule has 0 aliphatic rings. The zero-order chi connectivity index (χ0) is 14.6. The SMILES string of the molecule is COc1cccc(N(C)CCS(C)(=O)=O)c1[C@H](C)N. The number of benzene rings is 1. The molecule has 1 aromatic rings. The highest BCUT2D eigenvalue weighted by Gasteiger charge is 2.16. The summed E-state index contributed by atoms with van der Waals surface area (Å²) >= 11 is 0. The number of rotatable bonds is 6.